The number of hydrogen-bond acceptors (Lipinski definition) is 2. The third kappa shape index (κ3) is 7.02. The summed E-state index contributed by atoms with van der Waals surface area (Å²) in [6.07, 6.45) is 1.75. The number of nitrogens with one attached hydrogen (secondary N) is 1. The average Bonchev–Trinajstić information content (AvgIpc) is 2.92. The van der Waals surface area contributed by atoms with Crippen molar-refractivity contribution in [3.63, 3.8) is 0 Å². The summed E-state index contributed by atoms with van der Waals surface area (Å²) >= 11 is 6.79. The van der Waals surface area contributed by atoms with Crippen molar-refractivity contribution >= 4 is 50.2 Å². The number of benzene rings is 2. The van der Waals surface area contributed by atoms with Gasteiger partial charge in [-0.25, -0.2) is 0 Å². The SMILES string of the molecule is CC(C)[Si](C#Cc1cc(Cl)cc(C#C[Si](C(C)C)(C(C)C)C(C)C)c1C(=O)Nc1cccc2cccnc12)(C(C)C)C(C)C. The van der Waals surface area contributed by atoms with E-state index in [0.29, 0.717) is 60.6 Å². The molecule has 0 atom stereocenters. The third-order valence-corrected chi connectivity index (χ3v) is 22.6. The number of nitrogens with zero attached hydrogens (tertiary/aromatic N) is 1. The highest BCUT2D eigenvalue weighted by atomic mass is 35.5. The van der Waals surface area contributed by atoms with Crippen molar-refractivity contribution < 1.29 is 4.79 Å². The predicted molar refractivity (Wildman–Crippen MR) is 197 cm³/mol. The quantitative estimate of drug-likeness (QED) is 0.196. The zero-order valence-electron chi connectivity index (χ0n) is 28.8. The van der Waals surface area contributed by atoms with Gasteiger partial charge in [0.05, 0.1) is 16.8 Å². The van der Waals surface area contributed by atoms with Gasteiger partial charge in [0, 0.05) is 27.7 Å². The van der Waals surface area contributed by atoms with Crippen LogP contribution in [0.1, 0.15) is 105 Å². The lowest BCUT2D eigenvalue weighted by Crippen LogP contribution is -2.43. The highest BCUT2D eigenvalue weighted by molar-refractivity contribution is 6.91. The highest BCUT2D eigenvalue weighted by Gasteiger charge is 2.43. The number of amides is 1. The van der Waals surface area contributed by atoms with Crippen molar-refractivity contribution in [1.82, 2.24) is 4.98 Å². The first-order valence-electron chi connectivity index (χ1n) is 16.1. The molecule has 0 aliphatic carbocycles. The molecule has 0 spiro atoms. The lowest BCUT2D eigenvalue weighted by atomic mass is 10.0. The van der Waals surface area contributed by atoms with E-state index < -0.39 is 16.1 Å². The molecule has 3 aromatic rings. The summed E-state index contributed by atoms with van der Waals surface area (Å²) < 4.78 is 0. The van der Waals surface area contributed by atoms with Crippen LogP contribution < -0.4 is 5.32 Å². The second kappa shape index (κ2) is 14.5. The summed E-state index contributed by atoms with van der Waals surface area (Å²) in [5.41, 5.74) is 13.6. The molecule has 0 bridgehead atoms. The normalized spacial score (nSPS) is 12.2. The van der Waals surface area contributed by atoms with E-state index in [-0.39, 0.29) is 5.91 Å². The van der Waals surface area contributed by atoms with Crippen LogP contribution in [0.25, 0.3) is 10.9 Å². The van der Waals surface area contributed by atoms with Crippen LogP contribution in [0.5, 0.6) is 0 Å². The van der Waals surface area contributed by atoms with Crippen LogP contribution in [0.4, 0.5) is 5.69 Å². The van der Waals surface area contributed by atoms with E-state index in [1.807, 2.05) is 42.5 Å². The van der Waals surface area contributed by atoms with Gasteiger partial charge in [-0.05, 0) is 57.5 Å². The number of pyridine rings is 1. The number of aromatic nitrogens is 1. The van der Waals surface area contributed by atoms with Crippen LogP contribution in [-0.2, 0) is 0 Å². The molecule has 1 amide bonds. The van der Waals surface area contributed by atoms with Gasteiger partial charge in [-0.2, -0.15) is 0 Å². The maximum atomic E-state index is 14.4. The van der Waals surface area contributed by atoms with E-state index in [2.05, 4.69) is 116 Å². The van der Waals surface area contributed by atoms with Crippen molar-refractivity contribution in [3.8, 4) is 22.9 Å². The lowest BCUT2D eigenvalue weighted by molar-refractivity contribution is 0.102. The Morgan fingerprint density at radius 3 is 1.57 bits per heavy atom. The van der Waals surface area contributed by atoms with Crippen LogP contribution in [0.3, 0.4) is 0 Å². The van der Waals surface area contributed by atoms with E-state index in [1.54, 1.807) is 6.20 Å². The van der Waals surface area contributed by atoms with E-state index in [4.69, 9.17) is 11.6 Å². The largest absolute Gasteiger partial charge is 0.320 e. The summed E-state index contributed by atoms with van der Waals surface area (Å²) in [6, 6.07) is 13.4. The molecule has 44 heavy (non-hydrogen) atoms. The zero-order valence-corrected chi connectivity index (χ0v) is 31.6. The highest BCUT2D eigenvalue weighted by Crippen LogP contribution is 2.42. The van der Waals surface area contributed by atoms with Gasteiger partial charge < -0.3 is 5.32 Å². The van der Waals surface area contributed by atoms with Gasteiger partial charge in [-0.1, -0.05) is 125 Å². The van der Waals surface area contributed by atoms with Crippen LogP contribution in [-0.4, -0.2) is 27.0 Å². The lowest BCUT2D eigenvalue weighted by Gasteiger charge is -2.38. The van der Waals surface area contributed by atoms with Crippen LogP contribution in [0.15, 0.2) is 48.7 Å². The van der Waals surface area contributed by atoms with E-state index in [0.717, 1.165) is 10.9 Å². The number of fused-ring (bicyclic) bond motifs is 1. The molecule has 1 N–H and O–H groups in total. The molecule has 1 aromatic heterocycles. The van der Waals surface area contributed by atoms with Crippen LogP contribution >= 0.6 is 11.6 Å². The summed E-state index contributed by atoms with van der Waals surface area (Å²) in [7, 11) is -4.16. The summed E-state index contributed by atoms with van der Waals surface area (Å²) in [4.78, 5) is 18.9. The van der Waals surface area contributed by atoms with Crippen molar-refractivity contribution in [1.29, 1.82) is 0 Å². The minimum absolute atomic E-state index is 0.245. The minimum atomic E-state index is -2.08. The van der Waals surface area contributed by atoms with Gasteiger partial charge in [0.1, 0.15) is 16.1 Å². The number of anilines is 1. The maximum Gasteiger partial charge on any atom is 0.258 e. The molecule has 3 nitrogen and oxygen atoms in total. The first-order valence-corrected chi connectivity index (χ1v) is 21.0. The topological polar surface area (TPSA) is 42.0 Å². The first kappa shape index (κ1) is 35.6. The fourth-order valence-electron chi connectivity index (χ4n) is 7.66. The van der Waals surface area contributed by atoms with E-state index in [9.17, 15) is 4.79 Å². The molecule has 0 saturated carbocycles. The Kier molecular flexibility index (Phi) is 11.8. The van der Waals surface area contributed by atoms with Gasteiger partial charge in [-0.3, -0.25) is 9.78 Å². The Labute approximate surface area is 274 Å². The molecule has 2 aromatic carbocycles. The minimum Gasteiger partial charge on any atom is -0.320 e. The standard InChI is InChI=1S/C38H51ClN2OSi2/c1-25(2)43(26(3)4,27(5)6)21-18-32-23-34(39)24-33(19-22-44(28(7)8,29(9)10)30(11)12)36(32)38(42)41-35-17-13-15-31-16-14-20-40-37(31)35/h13-17,20,23-30H,1-12H3,(H,41,42). The van der Waals surface area contributed by atoms with E-state index >= 15 is 0 Å². The number of carbonyl (C=O) groups excluding carboxylic acids is 1. The molecule has 0 aliphatic rings. The smallest absolute Gasteiger partial charge is 0.258 e. The Balaban J connectivity index is 2.36. The van der Waals surface area contributed by atoms with E-state index in [1.165, 1.54) is 0 Å². The second-order valence-corrected chi connectivity index (χ2v) is 25.6. The van der Waals surface area contributed by atoms with Gasteiger partial charge >= 0.3 is 0 Å². The number of para-hydroxylation sites is 1. The molecular weight excluding hydrogens is 592 g/mol. The summed E-state index contributed by atoms with van der Waals surface area (Å²) in [5.74, 6) is 6.84. The molecular formula is C38H51ClN2OSi2. The van der Waals surface area contributed by atoms with Gasteiger partial charge in [0.15, 0.2) is 0 Å². The Hall–Kier alpha value is -2.84. The van der Waals surface area contributed by atoms with Crippen molar-refractivity contribution in [2.45, 2.75) is 116 Å². The molecule has 6 heteroatoms. The molecule has 0 radical (unpaired) electrons. The number of rotatable bonds is 8. The molecule has 0 saturated heterocycles. The Morgan fingerprint density at radius 2 is 1.14 bits per heavy atom. The van der Waals surface area contributed by atoms with Gasteiger partial charge in [0.2, 0.25) is 0 Å². The van der Waals surface area contributed by atoms with Crippen LogP contribution in [0, 0.1) is 22.9 Å². The van der Waals surface area contributed by atoms with Gasteiger partial charge in [0.25, 0.3) is 5.91 Å². The molecule has 0 fully saturated rings. The monoisotopic (exact) mass is 642 g/mol. The first-order chi connectivity index (χ1) is 20.6. The fourth-order valence-corrected chi connectivity index (χ4v) is 18.3. The van der Waals surface area contributed by atoms with Crippen LogP contribution in [0.2, 0.25) is 38.3 Å². The molecule has 0 aliphatic heterocycles. The maximum absolute atomic E-state index is 14.4. The van der Waals surface area contributed by atoms with Crippen molar-refractivity contribution in [2.75, 3.05) is 5.32 Å². The summed E-state index contributed by atoms with van der Waals surface area (Å²) in [5, 5.41) is 4.68. The average molecular weight is 643 g/mol. The van der Waals surface area contributed by atoms with Gasteiger partial charge in [-0.15, -0.1) is 11.1 Å². The summed E-state index contributed by atoms with van der Waals surface area (Å²) in [6.45, 7) is 27.6. The molecule has 1 heterocycles. The molecule has 234 valence electrons. The molecule has 0 unspecified atom stereocenters. The number of carbonyl (C=O) groups is 1. The Bertz CT molecular complexity index is 1500. The second-order valence-electron chi connectivity index (χ2n) is 14.0. The zero-order chi connectivity index (χ0) is 33.0. The molecule has 3 rings (SSSR count). The predicted octanol–water partition coefficient (Wildman–Crippen LogP) is 11.3. The van der Waals surface area contributed by atoms with Crippen molar-refractivity contribution in [2.24, 2.45) is 0 Å². The number of hydrogen-bond donors (Lipinski definition) is 1. The fraction of sp³-hybridized carbons (Fsp3) is 0.474. The third-order valence-electron chi connectivity index (χ3n) is 9.77. The Morgan fingerprint density at radius 1 is 0.705 bits per heavy atom. The van der Waals surface area contributed by atoms with Crippen molar-refractivity contribution in [3.05, 3.63) is 70.4 Å². The number of halogens is 1.